The standard InChI is InChI=1S/C26H29FN2O4/c1-4-28(5-2)14-7-15-29-23(17-8-10-18(27)11-9-17)22-24(30)20-13-12-19(32-6-3)16-21(20)33-25(22)26(29)31/h8-13,16,23H,4-7,14-15H2,1-3H3. The van der Waals surface area contributed by atoms with E-state index in [1.54, 1.807) is 35.2 Å². The van der Waals surface area contributed by atoms with Gasteiger partial charge in [0.25, 0.3) is 5.91 Å². The monoisotopic (exact) mass is 452 g/mol. The quantitative estimate of drug-likeness (QED) is 0.475. The van der Waals surface area contributed by atoms with Crippen LogP contribution >= 0.6 is 0 Å². The lowest BCUT2D eigenvalue weighted by atomic mass is 9.98. The summed E-state index contributed by atoms with van der Waals surface area (Å²) in [5, 5.41) is 0.391. The summed E-state index contributed by atoms with van der Waals surface area (Å²) in [6, 6.07) is 10.4. The number of nitrogens with zero attached hydrogens (tertiary/aromatic N) is 2. The van der Waals surface area contributed by atoms with Gasteiger partial charge in [0.15, 0.2) is 5.43 Å². The first-order chi connectivity index (χ1) is 16.0. The predicted octanol–water partition coefficient (Wildman–Crippen LogP) is 4.61. The van der Waals surface area contributed by atoms with Crippen molar-refractivity contribution < 1.29 is 18.3 Å². The van der Waals surface area contributed by atoms with Gasteiger partial charge < -0.3 is 19.0 Å². The molecule has 0 N–H and O–H groups in total. The van der Waals surface area contributed by atoms with E-state index < -0.39 is 6.04 Å². The van der Waals surface area contributed by atoms with E-state index in [1.165, 1.54) is 12.1 Å². The number of halogens is 1. The summed E-state index contributed by atoms with van der Waals surface area (Å²) in [6.07, 6.45) is 0.751. The van der Waals surface area contributed by atoms with Crippen LogP contribution in [0.5, 0.6) is 5.75 Å². The van der Waals surface area contributed by atoms with Gasteiger partial charge in [-0.2, -0.15) is 0 Å². The van der Waals surface area contributed by atoms with Crippen molar-refractivity contribution in [2.75, 3.05) is 32.8 Å². The fraction of sp³-hybridized carbons (Fsp3) is 0.385. The largest absolute Gasteiger partial charge is 0.494 e. The average Bonchev–Trinajstić information content (AvgIpc) is 3.09. The Labute approximate surface area is 192 Å². The summed E-state index contributed by atoms with van der Waals surface area (Å²) in [7, 11) is 0. The normalized spacial score (nSPS) is 15.5. The zero-order chi connectivity index (χ0) is 23.5. The van der Waals surface area contributed by atoms with E-state index in [1.807, 2.05) is 6.92 Å². The number of hydrogen-bond acceptors (Lipinski definition) is 5. The van der Waals surface area contributed by atoms with Crippen LogP contribution in [0.1, 0.15) is 54.9 Å². The third-order valence-electron chi connectivity index (χ3n) is 6.20. The Morgan fingerprint density at radius 2 is 1.79 bits per heavy atom. The van der Waals surface area contributed by atoms with Crippen LogP contribution in [-0.2, 0) is 0 Å². The van der Waals surface area contributed by atoms with Crippen LogP contribution in [0.4, 0.5) is 4.39 Å². The zero-order valence-electron chi connectivity index (χ0n) is 19.3. The number of benzene rings is 2. The third kappa shape index (κ3) is 4.37. The summed E-state index contributed by atoms with van der Waals surface area (Å²) in [6.45, 7) is 9.71. The van der Waals surface area contributed by atoms with Gasteiger partial charge in [-0.1, -0.05) is 26.0 Å². The molecule has 1 amide bonds. The minimum absolute atomic E-state index is 0.0540. The van der Waals surface area contributed by atoms with E-state index in [0.717, 1.165) is 26.1 Å². The van der Waals surface area contributed by atoms with Crippen molar-refractivity contribution in [1.82, 2.24) is 9.80 Å². The van der Waals surface area contributed by atoms with Crippen molar-refractivity contribution in [3.05, 3.63) is 75.4 Å². The molecule has 0 spiro atoms. The Hall–Kier alpha value is -3.19. The first kappa shape index (κ1) is 23.0. The molecule has 4 rings (SSSR count). The summed E-state index contributed by atoms with van der Waals surface area (Å²) >= 11 is 0. The molecule has 0 saturated heterocycles. The smallest absolute Gasteiger partial charge is 0.290 e. The van der Waals surface area contributed by atoms with Gasteiger partial charge in [-0.05, 0) is 62.8 Å². The molecule has 1 aliphatic heterocycles. The molecule has 0 saturated carbocycles. The Balaban J connectivity index is 1.79. The second-order valence-corrected chi connectivity index (χ2v) is 8.10. The molecular weight excluding hydrogens is 423 g/mol. The lowest BCUT2D eigenvalue weighted by Gasteiger charge is -2.26. The molecule has 0 radical (unpaired) electrons. The molecule has 2 aromatic carbocycles. The Bertz CT molecular complexity index is 1200. The number of carbonyl (C=O) groups excluding carboxylic acids is 1. The minimum Gasteiger partial charge on any atom is -0.494 e. The Morgan fingerprint density at radius 1 is 1.06 bits per heavy atom. The van der Waals surface area contributed by atoms with Gasteiger partial charge in [0.2, 0.25) is 5.76 Å². The van der Waals surface area contributed by atoms with E-state index in [9.17, 15) is 14.0 Å². The van der Waals surface area contributed by atoms with Gasteiger partial charge in [0.05, 0.1) is 23.6 Å². The van der Waals surface area contributed by atoms with Crippen LogP contribution < -0.4 is 10.2 Å². The van der Waals surface area contributed by atoms with Crippen LogP contribution in [0.25, 0.3) is 11.0 Å². The van der Waals surface area contributed by atoms with Crippen molar-refractivity contribution in [3.63, 3.8) is 0 Å². The van der Waals surface area contributed by atoms with Crippen LogP contribution in [0.3, 0.4) is 0 Å². The maximum absolute atomic E-state index is 13.6. The minimum atomic E-state index is -0.614. The lowest BCUT2D eigenvalue weighted by molar-refractivity contribution is 0.0720. The molecule has 1 unspecified atom stereocenters. The first-order valence-corrected chi connectivity index (χ1v) is 11.5. The van der Waals surface area contributed by atoms with Crippen LogP contribution in [0, 0.1) is 5.82 Å². The van der Waals surface area contributed by atoms with E-state index in [4.69, 9.17) is 9.15 Å². The highest BCUT2D eigenvalue weighted by Crippen LogP contribution is 2.38. The van der Waals surface area contributed by atoms with Gasteiger partial charge in [-0.15, -0.1) is 0 Å². The molecule has 0 aliphatic carbocycles. The van der Waals surface area contributed by atoms with Gasteiger partial charge >= 0.3 is 0 Å². The maximum atomic E-state index is 13.6. The van der Waals surface area contributed by atoms with Crippen molar-refractivity contribution in [3.8, 4) is 5.75 Å². The first-order valence-electron chi connectivity index (χ1n) is 11.5. The van der Waals surface area contributed by atoms with Crippen LogP contribution in [-0.4, -0.2) is 48.5 Å². The highest BCUT2D eigenvalue weighted by Gasteiger charge is 2.42. The summed E-state index contributed by atoms with van der Waals surface area (Å²) in [4.78, 5) is 30.9. The van der Waals surface area contributed by atoms with Gasteiger partial charge in [-0.3, -0.25) is 9.59 Å². The van der Waals surface area contributed by atoms with Gasteiger partial charge in [-0.25, -0.2) is 4.39 Å². The van der Waals surface area contributed by atoms with Crippen molar-refractivity contribution >= 4 is 16.9 Å². The number of hydrogen-bond donors (Lipinski definition) is 0. The fourth-order valence-electron chi connectivity index (χ4n) is 4.48. The molecule has 1 aromatic heterocycles. The molecule has 0 fully saturated rings. The number of ether oxygens (including phenoxy) is 1. The van der Waals surface area contributed by atoms with Crippen molar-refractivity contribution in [2.24, 2.45) is 0 Å². The van der Waals surface area contributed by atoms with Crippen LogP contribution in [0.15, 0.2) is 51.7 Å². The molecule has 0 bridgehead atoms. The molecule has 6 nitrogen and oxygen atoms in total. The molecule has 3 aromatic rings. The highest BCUT2D eigenvalue weighted by molar-refractivity contribution is 5.99. The molecular formula is C26H29FN2O4. The molecule has 1 aliphatic rings. The van der Waals surface area contributed by atoms with Crippen molar-refractivity contribution in [2.45, 2.75) is 33.2 Å². The maximum Gasteiger partial charge on any atom is 0.290 e. The molecule has 1 atom stereocenters. The predicted molar refractivity (Wildman–Crippen MR) is 125 cm³/mol. The molecule has 2 heterocycles. The van der Waals surface area contributed by atoms with E-state index in [2.05, 4.69) is 18.7 Å². The van der Waals surface area contributed by atoms with Gasteiger partial charge in [0.1, 0.15) is 17.1 Å². The highest BCUT2D eigenvalue weighted by atomic mass is 19.1. The summed E-state index contributed by atoms with van der Waals surface area (Å²) < 4.78 is 25.1. The molecule has 174 valence electrons. The lowest BCUT2D eigenvalue weighted by Crippen LogP contribution is -2.33. The topological polar surface area (TPSA) is 63.0 Å². The SMILES string of the molecule is CCOc1ccc2c(=O)c3c(oc2c1)C(=O)N(CCCN(CC)CC)C3c1ccc(F)cc1. The molecule has 7 heteroatoms. The third-order valence-corrected chi connectivity index (χ3v) is 6.20. The van der Waals surface area contributed by atoms with Crippen LogP contribution in [0.2, 0.25) is 0 Å². The Kier molecular flexibility index (Phi) is 6.79. The summed E-state index contributed by atoms with van der Waals surface area (Å²) in [5.74, 6) is -0.0620. The van der Waals surface area contributed by atoms with E-state index in [0.29, 0.717) is 41.0 Å². The average molecular weight is 453 g/mol. The van der Waals surface area contributed by atoms with E-state index >= 15 is 0 Å². The Morgan fingerprint density at radius 3 is 2.45 bits per heavy atom. The number of rotatable bonds is 9. The number of amides is 1. The second-order valence-electron chi connectivity index (χ2n) is 8.10. The number of carbonyl (C=O) groups is 1. The second kappa shape index (κ2) is 9.75. The van der Waals surface area contributed by atoms with Gasteiger partial charge in [0, 0.05) is 12.6 Å². The molecule has 33 heavy (non-hydrogen) atoms. The zero-order valence-corrected chi connectivity index (χ0v) is 19.3. The summed E-state index contributed by atoms with van der Waals surface area (Å²) in [5.41, 5.74) is 1.07. The fourth-order valence-corrected chi connectivity index (χ4v) is 4.48. The number of fused-ring (bicyclic) bond motifs is 2. The van der Waals surface area contributed by atoms with E-state index in [-0.39, 0.29) is 22.9 Å². The van der Waals surface area contributed by atoms with Crippen molar-refractivity contribution in [1.29, 1.82) is 0 Å².